The van der Waals surface area contributed by atoms with Gasteiger partial charge in [-0.3, -0.25) is 4.90 Å². The summed E-state index contributed by atoms with van der Waals surface area (Å²) < 4.78 is 0. The van der Waals surface area contributed by atoms with Crippen LogP contribution in [0.4, 0.5) is 5.69 Å². The molecule has 30 heavy (non-hydrogen) atoms. The van der Waals surface area contributed by atoms with E-state index in [1.54, 1.807) is 0 Å². The number of fused-ring (bicyclic) bond motifs is 3. The van der Waals surface area contributed by atoms with Gasteiger partial charge in [0, 0.05) is 17.3 Å². The Labute approximate surface area is 181 Å². The van der Waals surface area contributed by atoms with E-state index < -0.39 is 0 Å². The largest absolute Gasteiger partial charge is 0.347 e. The molecule has 2 nitrogen and oxygen atoms in total. The maximum Gasteiger partial charge on any atom is 0.110 e. The summed E-state index contributed by atoms with van der Waals surface area (Å²) in [6.45, 7) is 14.0. The van der Waals surface area contributed by atoms with Crippen molar-refractivity contribution in [3.05, 3.63) is 100 Å². The van der Waals surface area contributed by atoms with Gasteiger partial charge in [0.1, 0.15) is 6.17 Å². The molecular weight excluding hydrogens is 364 g/mol. The molecule has 3 atom stereocenters. The smallest absolute Gasteiger partial charge is 0.110 e. The van der Waals surface area contributed by atoms with Crippen LogP contribution in [0, 0.1) is 20.8 Å². The molecule has 0 aromatic heterocycles. The minimum atomic E-state index is -0.0354. The standard InChI is InChI=1S/C28H32N2/c1-18-12-7-10-17-24(18)29-21(4)26-22-15-8-9-16-23(22)28(5,6)30(26)27(29)25-19(2)13-11-14-20(25)3/h7-17,21,26-27H,1-6H3/t21-,26?,27?/m0/s1. The number of hydrogen-bond acceptors (Lipinski definition) is 2. The summed E-state index contributed by atoms with van der Waals surface area (Å²) in [7, 11) is 0. The van der Waals surface area contributed by atoms with Gasteiger partial charge in [-0.05, 0) is 81.0 Å². The van der Waals surface area contributed by atoms with Gasteiger partial charge in [-0.2, -0.15) is 0 Å². The SMILES string of the molecule is Cc1ccccc1N1C(c2c(C)cccc2C)N2C(c3ccccc3C2(C)C)[C@@H]1C. The van der Waals surface area contributed by atoms with Crippen LogP contribution in [0.2, 0.25) is 0 Å². The van der Waals surface area contributed by atoms with Gasteiger partial charge in [0.15, 0.2) is 0 Å². The number of rotatable bonds is 2. The zero-order chi connectivity index (χ0) is 21.2. The summed E-state index contributed by atoms with van der Waals surface area (Å²) >= 11 is 0. The molecule has 154 valence electrons. The molecule has 0 spiro atoms. The minimum absolute atomic E-state index is 0.0354. The maximum absolute atomic E-state index is 2.78. The molecule has 2 unspecified atom stereocenters. The van der Waals surface area contributed by atoms with Gasteiger partial charge >= 0.3 is 0 Å². The average Bonchev–Trinajstić information content (AvgIpc) is 3.14. The Bertz CT molecular complexity index is 1090. The third-order valence-electron chi connectivity index (χ3n) is 7.50. The second-order valence-electron chi connectivity index (χ2n) is 9.61. The molecule has 0 N–H and O–H groups in total. The molecule has 3 aromatic carbocycles. The molecule has 0 amide bonds. The van der Waals surface area contributed by atoms with Gasteiger partial charge in [-0.15, -0.1) is 0 Å². The van der Waals surface area contributed by atoms with Gasteiger partial charge in [0.25, 0.3) is 0 Å². The zero-order valence-electron chi connectivity index (χ0n) is 19.0. The molecule has 0 radical (unpaired) electrons. The lowest BCUT2D eigenvalue weighted by Crippen LogP contribution is -2.41. The van der Waals surface area contributed by atoms with E-state index in [-0.39, 0.29) is 11.7 Å². The van der Waals surface area contributed by atoms with Gasteiger partial charge in [0.05, 0.1) is 6.04 Å². The minimum Gasteiger partial charge on any atom is -0.347 e. The lowest BCUT2D eigenvalue weighted by Gasteiger charge is -2.41. The Morgan fingerprint density at radius 2 is 1.33 bits per heavy atom. The third kappa shape index (κ3) is 2.53. The van der Waals surface area contributed by atoms with E-state index >= 15 is 0 Å². The van der Waals surface area contributed by atoms with E-state index in [1.165, 1.54) is 39.1 Å². The predicted molar refractivity (Wildman–Crippen MR) is 126 cm³/mol. The number of benzene rings is 3. The second kappa shape index (κ2) is 6.72. The van der Waals surface area contributed by atoms with E-state index in [4.69, 9.17) is 0 Å². The van der Waals surface area contributed by atoms with Crippen molar-refractivity contribution in [1.82, 2.24) is 4.90 Å². The zero-order valence-corrected chi connectivity index (χ0v) is 19.0. The molecule has 3 aromatic rings. The van der Waals surface area contributed by atoms with Crippen LogP contribution in [0.5, 0.6) is 0 Å². The topological polar surface area (TPSA) is 6.48 Å². The highest BCUT2D eigenvalue weighted by Crippen LogP contribution is 2.59. The van der Waals surface area contributed by atoms with Crippen molar-refractivity contribution in [3.63, 3.8) is 0 Å². The van der Waals surface area contributed by atoms with Gasteiger partial charge in [0.2, 0.25) is 0 Å². The summed E-state index contributed by atoms with van der Waals surface area (Å²) in [6.07, 6.45) is 0.203. The first kappa shape index (κ1) is 19.4. The van der Waals surface area contributed by atoms with E-state index in [0.717, 1.165) is 0 Å². The van der Waals surface area contributed by atoms with Crippen molar-refractivity contribution >= 4 is 5.69 Å². The van der Waals surface area contributed by atoms with Crippen LogP contribution in [-0.4, -0.2) is 10.9 Å². The number of para-hydroxylation sites is 1. The fraction of sp³-hybridized carbons (Fsp3) is 0.357. The summed E-state index contributed by atoms with van der Waals surface area (Å²) in [5.41, 5.74) is 9.82. The van der Waals surface area contributed by atoms with Gasteiger partial charge in [-0.25, -0.2) is 0 Å². The first-order valence-corrected chi connectivity index (χ1v) is 11.1. The van der Waals surface area contributed by atoms with Crippen LogP contribution in [0.1, 0.15) is 66.4 Å². The van der Waals surface area contributed by atoms with Crippen molar-refractivity contribution in [3.8, 4) is 0 Å². The quantitative estimate of drug-likeness (QED) is 0.469. The molecule has 0 saturated carbocycles. The normalized spacial score (nSPS) is 24.7. The fourth-order valence-electron chi connectivity index (χ4n) is 6.12. The molecule has 5 rings (SSSR count). The Balaban J connectivity index is 1.80. The molecule has 2 heterocycles. The lowest BCUT2D eigenvalue weighted by molar-refractivity contribution is 0.0833. The summed E-state index contributed by atoms with van der Waals surface area (Å²) in [5.74, 6) is 0. The average molecular weight is 397 g/mol. The Hall–Kier alpha value is -2.58. The fourth-order valence-corrected chi connectivity index (χ4v) is 6.12. The van der Waals surface area contributed by atoms with Crippen LogP contribution in [-0.2, 0) is 5.54 Å². The molecule has 2 aliphatic heterocycles. The molecular formula is C28H32N2. The highest BCUT2D eigenvalue weighted by molar-refractivity contribution is 5.61. The van der Waals surface area contributed by atoms with Crippen LogP contribution >= 0.6 is 0 Å². The Kier molecular flexibility index (Phi) is 4.34. The monoisotopic (exact) mass is 396 g/mol. The Morgan fingerprint density at radius 1 is 0.733 bits per heavy atom. The number of anilines is 1. The van der Waals surface area contributed by atoms with Gasteiger partial charge < -0.3 is 4.90 Å². The highest BCUT2D eigenvalue weighted by Gasteiger charge is 2.57. The number of aryl methyl sites for hydroxylation is 3. The summed E-state index contributed by atoms with van der Waals surface area (Å²) in [4.78, 5) is 5.47. The first-order valence-electron chi connectivity index (χ1n) is 11.1. The van der Waals surface area contributed by atoms with Crippen LogP contribution < -0.4 is 4.90 Å². The molecule has 0 bridgehead atoms. The predicted octanol–water partition coefficient (Wildman–Crippen LogP) is 6.81. The molecule has 1 fully saturated rings. The third-order valence-corrected chi connectivity index (χ3v) is 7.50. The van der Waals surface area contributed by atoms with Crippen molar-refractivity contribution in [1.29, 1.82) is 0 Å². The van der Waals surface area contributed by atoms with E-state index in [0.29, 0.717) is 12.1 Å². The highest BCUT2D eigenvalue weighted by atomic mass is 15.5. The van der Waals surface area contributed by atoms with Gasteiger partial charge in [-0.1, -0.05) is 60.7 Å². The second-order valence-corrected chi connectivity index (χ2v) is 9.61. The summed E-state index contributed by atoms with van der Waals surface area (Å²) in [5, 5.41) is 0. The van der Waals surface area contributed by atoms with E-state index in [9.17, 15) is 0 Å². The maximum atomic E-state index is 2.78. The van der Waals surface area contributed by atoms with E-state index in [2.05, 4.69) is 118 Å². The van der Waals surface area contributed by atoms with Crippen molar-refractivity contribution in [2.75, 3.05) is 4.90 Å². The lowest BCUT2D eigenvalue weighted by atomic mass is 9.90. The van der Waals surface area contributed by atoms with Crippen LogP contribution in [0.15, 0.2) is 66.7 Å². The number of nitrogens with zero attached hydrogens (tertiary/aromatic N) is 2. The van der Waals surface area contributed by atoms with Crippen molar-refractivity contribution in [2.24, 2.45) is 0 Å². The van der Waals surface area contributed by atoms with Crippen LogP contribution in [0.3, 0.4) is 0 Å². The molecule has 0 aliphatic carbocycles. The number of hydrogen-bond donors (Lipinski definition) is 0. The van der Waals surface area contributed by atoms with Crippen LogP contribution in [0.25, 0.3) is 0 Å². The Morgan fingerprint density at radius 3 is 2.03 bits per heavy atom. The molecule has 1 saturated heterocycles. The summed E-state index contributed by atoms with van der Waals surface area (Å²) in [6, 6.07) is 25.4. The first-order chi connectivity index (χ1) is 14.3. The molecule has 2 heteroatoms. The van der Waals surface area contributed by atoms with Crippen molar-refractivity contribution < 1.29 is 0 Å². The van der Waals surface area contributed by atoms with E-state index in [1.807, 2.05) is 0 Å². The molecule has 2 aliphatic rings. The van der Waals surface area contributed by atoms with Crippen molar-refractivity contribution in [2.45, 2.75) is 65.3 Å².